The first-order valence-corrected chi connectivity index (χ1v) is 10.1. The summed E-state index contributed by atoms with van der Waals surface area (Å²) in [6.45, 7) is 2.49. The van der Waals surface area contributed by atoms with Gasteiger partial charge in [0.1, 0.15) is 5.75 Å². The summed E-state index contributed by atoms with van der Waals surface area (Å²) in [7, 11) is 6.52. The van der Waals surface area contributed by atoms with Crippen molar-refractivity contribution < 1.29 is 23.5 Å². The highest BCUT2D eigenvalue weighted by Crippen LogP contribution is 2.41. The molecular formula is C23H27N3O5. The van der Waals surface area contributed by atoms with Crippen molar-refractivity contribution in [2.75, 3.05) is 41.5 Å². The van der Waals surface area contributed by atoms with Gasteiger partial charge >= 0.3 is 0 Å². The molecule has 8 heteroatoms. The van der Waals surface area contributed by atoms with Crippen LogP contribution < -0.4 is 18.9 Å². The van der Waals surface area contributed by atoms with Crippen molar-refractivity contribution >= 4 is 0 Å². The number of hydrogen-bond acceptors (Lipinski definition) is 8. The van der Waals surface area contributed by atoms with E-state index in [1.165, 1.54) is 0 Å². The molecule has 1 aliphatic heterocycles. The maximum absolute atomic E-state index is 5.62. The monoisotopic (exact) mass is 425 g/mol. The van der Waals surface area contributed by atoms with Crippen LogP contribution in [0.25, 0.3) is 11.4 Å². The van der Waals surface area contributed by atoms with Crippen molar-refractivity contribution in [3.8, 4) is 34.4 Å². The minimum Gasteiger partial charge on any atom is -0.497 e. The molecule has 1 fully saturated rings. The lowest BCUT2D eigenvalue weighted by Gasteiger charge is -2.20. The summed E-state index contributed by atoms with van der Waals surface area (Å²) in [6.07, 6.45) is 0.954. The van der Waals surface area contributed by atoms with Crippen molar-refractivity contribution in [2.45, 2.75) is 18.9 Å². The Kier molecular flexibility index (Phi) is 6.27. The van der Waals surface area contributed by atoms with Crippen LogP contribution >= 0.6 is 0 Å². The fourth-order valence-corrected chi connectivity index (χ4v) is 3.99. The highest BCUT2D eigenvalue weighted by atomic mass is 16.5. The van der Waals surface area contributed by atoms with Gasteiger partial charge in [0, 0.05) is 24.2 Å². The quantitative estimate of drug-likeness (QED) is 0.540. The molecule has 2 heterocycles. The molecule has 31 heavy (non-hydrogen) atoms. The van der Waals surface area contributed by atoms with E-state index in [1.807, 2.05) is 36.4 Å². The second kappa shape index (κ2) is 9.26. The second-order valence-corrected chi connectivity index (χ2v) is 7.40. The predicted octanol–water partition coefficient (Wildman–Crippen LogP) is 3.76. The Bertz CT molecular complexity index is 1040. The van der Waals surface area contributed by atoms with E-state index < -0.39 is 0 Å². The highest BCUT2D eigenvalue weighted by molar-refractivity contribution is 5.57. The van der Waals surface area contributed by atoms with E-state index in [9.17, 15) is 0 Å². The number of likely N-dealkylation sites (tertiary alicyclic amines) is 1. The average molecular weight is 425 g/mol. The molecule has 2 aromatic carbocycles. The Balaban J connectivity index is 1.46. The van der Waals surface area contributed by atoms with Gasteiger partial charge in [-0.1, -0.05) is 23.4 Å². The molecule has 0 saturated carbocycles. The number of hydrogen-bond donors (Lipinski definition) is 0. The van der Waals surface area contributed by atoms with Crippen LogP contribution in [0.15, 0.2) is 40.9 Å². The molecule has 1 saturated heterocycles. The molecule has 3 aromatic rings. The normalized spacial score (nSPS) is 16.3. The Labute approximate surface area is 181 Å². The lowest BCUT2D eigenvalue weighted by molar-refractivity contribution is 0.293. The molecule has 0 amide bonds. The molecule has 0 bridgehead atoms. The molecule has 1 aliphatic rings. The van der Waals surface area contributed by atoms with Crippen molar-refractivity contribution in [1.82, 2.24) is 15.0 Å². The molecule has 0 radical (unpaired) electrons. The number of aromatic nitrogens is 2. The predicted molar refractivity (Wildman–Crippen MR) is 115 cm³/mol. The van der Waals surface area contributed by atoms with Gasteiger partial charge in [-0.3, -0.25) is 4.90 Å². The van der Waals surface area contributed by atoms with Gasteiger partial charge in [0.15, 0.2) is 11.5 Å². The molecule has 0 spiro atoms. The first kappa shape index (κ1) is 21.0. The molecule has 0 aliphatic carbocycles. The van der Waals surface area contributed by atoms with Gasteiger partial charge in [-0.2, -0.15) is 4.98 Å². The smallest absolute Gasteiger partial charge is 0.231 e. The third-order valence-electron chi connectivity index (χ3n) is 5.57. The SMILES string of the molecule is COc1cccc(-c2noc([C@H]3CCN(Cc4ccc(OC)c(OC)c4OC)C3)n2)c1. The topological polar surface area (TPSA) is 79.1 Å². The summed E-state index contributed by atoms with van der Waals surface area (Å²) in [5.74, 6) is 4.16. The van der Waals surface area contributed by atoms with E-state index in [1.54, 1.807) is 28.4 Å². The van der Waals surface area contributed by atoms with Gasteiger partial charge in [-0.05, 0) is 31.2 Å². The number of nitrogens with zero attached hydrogens (tertiary/aromatic N) is 3. The maximum atomic E-state index is 5.62. The number of methoxy groups -OCH3 is 4. The summed E-state index contributed by atoms with van der Waals surface area (Å²) >= 11 is 0. The van der Waals surface area contributed by atoms with E-state index in [0.717, 1.165) is 42.9 Å². The van der Waals surface area contributed by atoms with Crippen LogP contribution in [0.5, 0.6) is 23.0 Å². The molecule has 164 valence electrons. The number of benzene rings is 2. The van der Waals surface area contributed by atoms with Gasteiger partial charge < -0.3 is 23.5 Å². The zero-order valence-corrected chi connectivity index (χ0v) is 18.3. The Morgan fingerprint density at radius 1 is 1.00 bits per heavy atom. The second-order valence-electron chi connectivity index (χ2n) is 7.40. The fourth-order valence-electron chi connectivity index (χ4n) is 3.99. The summed E-state index contributed by atoms with van der Waals surface area (Å²) in [4.78, 5) is 6.99. The van der Waals surface area contributed by atoms with Gasteiger partial charge in [-0.25, -0.2) is 0 Å². The molecular weight excluding hydrogens is 398 g/mol. The van der Waals surface area contributed by atoms with E-state index in [0.29, 0.717) is 29.0 Å². The Morgan fingerprint density at radius 2 is 1.84 bits per heavy atom. The molecule has 0 unspecified atom stereocenters. The van der Waals surface area contributed by atoms with Crippen LogP contribution in [-0.4, -0.2) is 56.6 Å². The Hall–Kier alpha value is -3.26. The van der Waals surface area contributed by atoms with Gasteiger partial charge in [-0.15, -0.1) is 0 Å². The number of rotatable bonds is 8. The van der Waals surface area contributed by atoms with E-state index in [2.05, 4.69) is 15.0 Å². The molecule has 0 N–H and O–H groups in total. The lowest BCUT2D eigenvalue weighted by atomic mass is 10.1. The van der Waals surface area contributed by atoms with E-state index >= 15 is 0 Å². The average Bonchev–Trinajstić information content (AvgIpc) is 3.48. The minimum absolute atomic E-state index is 0.193. The van der Waals surface area contributed by atoms with Crippen molar-refractivity contribution in [1.29, 1.82) is 0 Å². The zero-order chi connectivity index (χ0) is 21.8. The van der Waals surface area contributed by atoms with Crippen LogP contribution in [0.1, 0.15) is 23.8 Å². The molecule has 8 nitrogen and oxygen atoms in total. The Morgan fingerprint density at radius 3 is 2.58 bits per heavy atom. The van der Waals surface area contributed by atoms with Gasteiger partial charge in [0.2, 0.25) is 17.5 Å². The first-order valence-electron chi connectivity index (χ1n) is 10.1. The zero-order valence-electron chi connectivity index (χ0n) is 18.3. The molecule has 1 atom stereocenters. The number of ether oxygens (including phenoxy) is 4. The molecule has 1 aromatic heterocycles. The maximum Gasteiger partial charge on any atom is 0.231 e. The van der Waals surface area contributed by atoms with Gasteiger partial charge in [0.05, 0.1) is 34.4 Å². The largest absolute Gasteiger partial charge is 0.497 e. The van der Waals surface area contributed by atoms with Crippen LogP contribution in [0.2, 0.25) is 0 Å². The summed E-state index contributed by atoms with van der Waals surface area (Å²) in [5, 5.41) is 4.17. The third-order valence-corrected chi connectivity index (χ3v) is 5.57. The van der Waals surface area contributed by atoms with E-state index in [4.69, 9.17) is 23.5 Å². The van der Waals surface area contributed by atoms with Gasteiger partial charge in [0.25, 0.3) is 0 Å². The summed E-state index contributed by atoms with van der Waals surface area (Å²) < 4.78 is 27.4. The van der Waals surface area contributed by atoms with Crippen molar-refractivity contribution in [3.05, 3.63) is 47.9 Å². The minimum atomic E-state index is 0.193. The van der Waals surface area contributed by atoms with Crippen LogP contribution in [0, 0.1) is 0 Å². The molecule has 4 rings (SSSR count). The lowest BCUT2D eigenvalue weighted by Crippen LogP contribution is -2.20. The standard InChI is InChI=1S/C23H27N3O5/c1-27-18-7-5-6-15(12-18)22-24-23(31-25-22)17-10-11-26(14-17)13-16-8-9-19(28-2)21(30-4)20(16)29-3/h5-9,12,17H,10-11,13-14H2,1-4H3/t17-/m0/s1. The van der Waals surface area contributed by atoms with Crippen LogP contribution in [-0.2, 0) is 6.54 Å². The van der Waals surface area contributed by atoms with Crippen molar-refractivity contribution in [3.63, 3.8) is 0 Å². The first-order chi connectivity index (χ1) is 15.2. The van der Waals surface area contributed by atoms with Crippen LogP contribution in [0.3, 0.4) is 0 Å². The van der Waals surface area contributed by atoms with Crippen LogP contribution in [0.4, 0.5) is 0 Å². The summed E-state index contributed by atoms with van der Waals surface area (Å²) in [5.41, 5.74) is 1.92. The highest BCUT2D eigenvalue weighted by Gasteiger charge is 2.29. The van der Waals surface area contributed by atoms with Crippen molar-refractivity contribution in [2.24, 2.45) is 0 Å². The fraction of sp³-hybridized carbons (Fsp3) is 0.391. The summed E-state index contributed by atoms with van der Waals surface area (Å²) in [6, 6.07) is 11.6. The third kappa shape index (κ3) is 4.29. The van der Waals surface area contributed by atoms with E-state index in [-0.39, 0.29) is 5.92 Å².